The molecule has 31 heavy (non-hydrogen) atoms. The van der Waals surface area contributed by atoms with Crippen molar-refractivity contribution in [2.24, 2.45) is 5.10 Å². The van der Waals surface area contributed by atoms with Crippen molar-refractivity contribution < 1.29 is 14.3 Å². The maximum atomic E-state index is 12.1. The zero-order chi connectivity index (χ0) is 22.6. The van der Waals surface area contributed by atoms with Crippen molar-refractivity contribution in [3.8, 4) is 11.5 Å². The van der Waals surface area contributed by atoms with Crippen LogP contribution < -0.4 is 19.8 Å². The van der Waals surface area contributed by atoms with Gasteiger partial charge < -0.3 is 14.4 Å². The van der Waals surface area contributed by atoms with Crippen molar-refractivity contribution in [3.05, 3.63) is 52.5 Å². The molecule has 166 valence electrons. The summed E-state index contributed by atoms with van der Waals surface area (Å²) in [5, 5.41) is 4.55. The lowest BCUT2D eigenvalue weighted by Crippen LogP contribution is -2.48. The average molecular weight is 444 g/mol. The van der Waals surface area contributed by atoms with Crippen LogP contribution in [0.2, 0.25) is 5.02 Å². The highest BCUT2D eigenvalue weighted by molar-refractivity contribution is 6.32. The lowest BCUT2D eigenvalue weighted by molar-refractivity contribution is -0.123. The van der Waals surface area contributed by atoms with E-state index in [2.05, 4.69) is 55.3 Å². The Kier molecular flexibility index (Phi) is 7.11. The van der Waals surface area contributed by atoms with Gasteiger partial charge in [0.2, 0.25) is 0 Å². The topological polar surface area (TPSA) is 63.2 Å². The van der Waals surface area contributed by atoms with Crippen molar-refractivity contribution in [1.82, 2.24) is 5.43 Å². The molecule has 0 saturated carbocycles. The van der Waals surface area contributed by atoms with E-state index in [0.29, 0.717) is 22.4 Å². The molecule has 0 aliphatic carbocycles. The molecule has 1 aliphatic heterocycles. The van der Waals surface area contributed by atoms with E-state index in [4.69, 9.17) is 21.1 Å². The second-order valence-electron chi connectivity index (χ2n) is 8.33. The van der Waals surface area contributed by atoms with Gasteiger partial charge >= 0.3 is 0 Å². The summed E-state index contributed by atoms with van der Waals surface area (Å²) in [6.45, 7) is 9.71. The van der Waals surface area contributed by atoms with E-state index < -0.39 is 0 Å². The molecule has 6 nitrogen and oxygen atoms in total. The number of methoxy groups -OCH3 is 1. The van der Waals surface area contributed by atoms with Crippen molar-refractivity contribution >= 4 is 29.4 Å². The number of fused-ring (bicyclic) bond motifs is 1. The Morgan fingerprint density at radius 3 is 2.74 bits per heavy atom. The number of para-hydroxylation sites is 1. The standard InChI is InChI=1S/C24H30ClN3O3/c1-6-28-20-12-22(30-5)17(11-18(20)16(2)13-24(28,3)4)14-26-27-23(29)15-31-21-10-8-7-9-19(21)25/h7-12,14,16H,6,13,15H2,1-5H3,(H,27,29)/b26-14+. The van der Waals surface area contributed by atoms with Crippen LogP contribution in [-0.2, 0) is 4.79 Å². The summed E-state index contributed by atoms with van der Waals surface area (Å²) in [5.74, 6) is 1.20. The van der Waals surface area contributed by atoms with E-state index >= 15 is 0 Å². The molecule has 0 spiro atoms. The highest BCUT2D eigenvalue weighted by Gasteiger charge is 2.36. The third-order valence-corrected chi connectivity index (χ3v) is 5.95. The van der Waals surface area contributed by atoms with Crippen LogP contribution in [0.1, 0.15) is 51.2 Å². The van der Waals surface area contributed by atoms with Gasteiger partial charge in [-0.05, 0) is 56.9 Å². The number of nitrogens with one attached hydrogen (secondary N) is 1. The number of amides is 1. The van der Waals surface area contributed by atoms with Crippen molar-refractivity contribution in [1.29, 1.82) is 0 Å². The summed E-state index contributed by atoms with van der Waals surface area (Å²) in [6, 6.07) is 11.2. The van der Waals surface area contributed by atoms with E-state index in [9.17, 15) is 4.79 Å². The highest BCUT2D eigenvalue weighted by atomic mass is 35.5. The lowest BCUT2D eigenvalue weighted by Gasteiger charge is -2.47. The quantitative estimate of drug-likeness (QED) is 0.483. The third kappa shape index (κ3) is 5.13. The van der Waals surface area contributed by atoms with Gasteiger partial charge in [0.25, 0.3) is 5.91 Å². The molecule has 0 saturated heterocycles. The maximum absolute atomic E-state index is 12.1. The fourth-order valence-electron chi connectivity index (χ4n) is 4.31. The van der Waals surface area contributed by atoms with Gasteiger partial charge in [0, 0.05) is 29.4 Å². The Bertz CT molecular complexity index is 975. The number of hydrogen-bond acceptors (Lipinski definition) is 5. The molecule has 0 bridgehead atoms. The molecule has 2 aromatic rings. The molecule has 0 radical (unpaired) electrons. The number of benzene rings is 2. The first kappa shape index (κ1) is 22.9. The van der Waals surface area contributed by atoms with Gasteiger partial charge in [-0.25, -0.2) is 5.43 Å². The normalized spacial score (nSPS) is 17.4. The number of carbonyl (C=O) groups excluding carboxylic acids is 1. The summed E-state index contributed by atoms with van der Waals surface area (Å²) in [7, 11) is 1.64. The Labute approximate surface area is 189 Å². The molecular weight excluding hydrogens is 414 g/mol. The summed E-state index contributed by atoms with van der Waals surface area (Å²) < 4.78 is 11.0. The van der Waals surface area contributed by atoms with Crippen LogP contribution in [0, 0.1) is 0 Å². The summed E-state index contributed by atoms with van der Waals surface area (Å²) in [5.41, 5.74) is 5.84. The summed E-state index contributed by atoms with van der Waals surface area (Å²) in [6.07, 6.45) is 2.67. The second kappa shape index (κ2) is 9.60. The fraction of sp³-hybridized carbons (Fsp3) is 0.417. The van der Waals surface area contributed by atoms with Gasteiger partial charge in [-0.1, -0.05) is 30.7 Å². The first-order valence-electron chi connectivity index (χ1n) is 10.5. The van der Waals surface area contributed by atoms with Crippen LogP contribution in [-0.4, -0.2) is 37.9 Å². The van der Waals surface area contributed by atoms with E-state index in [1.165, 1.54) is 11.3 Å². The van der Waals surface area contributed by atoms with E-state index in [1.54, 1.807) is 37.6 Å². The zero-order valence-corrected chi connectivity index (χ0v) is 19.5. The van der Waals surface area contributed by atoms with Crippen LogP contribution in [0.4, 0.5) is 5.69 Å². The Balaban J connectivity index is 1.73. The Morgan fingerprint density at radius 1 is 1.32 bits per heavy atom. The van der Waals surface area contributed by atoms with Crippen molar-refractivity contribution in [3.63, 3.8) is 0 Å². The number of hydrogen-bond donors (Lipinski definition) is 1. The van der Waals surface area contributed by atoms with E-state index in [-0.39, 0.29) is 18.1 Å². The molecule has 1 unspecified atom stereocenters. The van der Waals surface area contributed by atoms with Gasteiger partial charge in [0.1, 0.15) is 11.5 Å². The number of anilines is 1. The van der Waals surface area contributed by atoms with Gasteiger partial charge in [-0.15, -0.1) is 0 Å². The largest absolute Gasteiger partial charge is 0.496 e. The molecule has 7 heteroatoms. The minimum atomic E-state index is -0.375. The zero-order valence-electron chi connectivity index (χ0n) is 18.7. The first-order valence-corrected chi connectivity index (χ1v) is 10.8. The average Bonchev–Trinajstić information content (AvgIpc) is 2.72. The fourth-order valence-corrected chi connectivity index (χ4v) is 4.50. The molecular formula is C24H30ClN3O3. The number of nitrogens with zero attached hydrogens (tertiary/aromatic N) is 2. The molecule has 2 aromatic carbocycles. The van der Waals surface area contributed by atoms with Crippen molar-refractivity contribution in [2.75, 3.05) is 25.2 Å². The first-order chi connectivity index (χ1) is 14.8. The predicted octanol–water partition coefficient (Wildman–Crippen LogP) is 4.99. The molecule has 1 N–H and O–H groups in total. The molecule has 1 atom stereocenters. The van der Waals surface area contributed by atoms with Crippen molar-refractivity contribution in [2.45, 2.75) is 45.6 Å². The third-order valence-electron chi connectivity index (χ3n) is 5.64. The van der Waals surface area contributed by atoms with Gasteiger partial charge in [0.05, 0.1) is 18.3 Å². The summed E-state index contributed by atoms with van der Waals surface area (Å²) in [4.78, 5) is 14.5. The van der Waals surface area contributed by atoms with Crippen LogP contribution >= 0.6 is 11.6 Å². The highest BCUT2D eigenvalue weighted by Crippen LogP contribution is 2.45. The molecule has 1 aliphatic rings. The van der Waals surface area contributed by atoms with E-state index in [0.717, 1.165) is 18.5 Å². The van der Waals surface area contributed by atoms with Crippen LogP contribution in [0.5, 0.6) is 11.5 Å². The molecule has 0 fully saturated rings. The minimum Gasteiger partial charge on any atom is -0.496 e. The molecule has 1 amide bonds. The molecule has 0 aromatic heterocycles. The van der Waals surface area contributed by atoms with Gasteiger partial charge in [0.15, 0.2) is 6.61 Å². The second-order valence-corrected chi connectivity index (χ2v) is 8.73. The lowest BCUT2D eigenvalue weighted by atomic mass is 9.79. The molecule has 3 rings (SSSR count). The maximum Gasteiger partial charge on any atom is 0.277 e. The number of rotatable bonds is 7. The summed E-state index contributed by atoms with van der Waals surface area (Å²) >= 11 is 6.03. The minimum absolute atomic E-state index is 0.0808. The van der Waals surface area contributed by atoms with Gasteiger partial charge in [-0.2, -0.15) is 5.10 Å². The number of halogens is 1. The van der Waals surface area contributed by atoms with Crippen LogP contribution in [0.25, 0.3) is 0 Å². The number of hydrazone groups is 1. The SMILES string of the molecule is CCN1c2cc(OC)c(/C=N/NC(=O)COc3ccccc3Cl)cc2C(C)CC1(C)C. The van der Waals surface area contributed by atoms with Gasteiger partial charge in [-0.3, -0.25) is 4.79 Å². The predicted molar refractivity (Wildman–Crippen MR) is 126 cm³/mol. The van der Waals surface area contributed by atoms with Crippen LogP contribution in [0.15, 0.2) is 41.5 Å². The monoisotopic (exact) mass is 443 g/mol. The Hall–Kier alpha value is -2.73. The number of ether oxygens (including phenoxy) is 2. The van der Waals surface area contributed by atoms with Crippen LogP contribution in [0.3, 0.4) is 0 Å². The number of carbonyl (C=O) groups is 1. The smallest absolute Gasteiger partial charge is 0.277 e. The Morgan fingerprint density at radius 2 is 2.06 bits per heavy atom. The molecule has 1 heterocycles. The van der Waals surface area contributed by atoms with E-state index in [1.807, 2.05) is 0 Å².